The van der Waals surface area contributed by atoms with Crippen LogP contribution in [-0.4, -0.2) is 23.7 Å². The molecule has 0 heterocycles. The molecule has 0 aromatic heterocycles. The summed E-state index contributed by atoms with van der Waals surface area (Å²) in [4.78, 5) is 12.3. The van der Waals surface area contributed by atoms with Crippen LogP contribution in [0.4, 0.5) is 0 Å². The average molecular weight is 291 g/mol. The van der Waals surface area contributed by atoms with E-state index in [2.05, 4.69) is 5.32 Å². The molecule has 0 aliphatic heterocycles. The molecule has 4 nitrogen and oxygen atoms in total. The van der Waals surface area contributed by atoms with Gasteiger partial charge in [-0.1, -0.05) is 43.9 Å². The SMILES string of the molecule is CCOC(=O)C(NC1CCCCCC1)c1ccccc1O. The molecule has 1 aliphatic carbocycles. The van der Waals surface area contributed by atoms with E-state index in [4.69, 9.17) is 4.74 Å². The van der Waals surface area contributed by atoms with Gasteiger partial charge in [0.2, 0.25) is 0 Å². The van der Waals surface area contributed by atoms with Gasteiger partial charge >= 0.3 is 5.97 Å². The van der Waals surface area contributed by atoms with E-state index in [9.17, 15) is 9.90 Å². The number of esters is 1. The zero-order valence-electron chi connectivity index (χ0n) is 12.7. The van der Waals surface area contributed by atoms with Crippen LogP contribution in [-0.2, 0) is 9.53 Å². The Bertz CT molecular complexity index is 453. The van der Waals surface area contributed by atoms with E-state index in [1.165, 1.54) is 25.7 Å². The zero-order chi connectivity index (χ0) is 15.1. The molecule has 2 rings (SSSR count). The Morgan fingerprint density at radius 3 is 2.57 bits per heavy atom. The maximum atomic E-state index is 12.3. The van der Waals surface area contributed by atoms with Crippen LogP contribution in [0.25, 0.3) is 0 Å². The Labute approximate surface area is 126 Å². The first-order valence-corrected chi connectivity index (χ1v) is 7.93. The predicted molar refractivity (Wildman–Crippen MR) is 82.1 cm³/mol. The fourth-order valence-corrected chi connectivity index (χ4v) is 2.92. The lowest BCUT2D eigenvalue weighted by Crippen LogP contribution is -2.37. The quantitative estimate of drug-likeness (QED) is 0.645. The normalized spacial score (nSPS) is 18.0. The van der Waals surface area contributed by atoms with Crippen molar-refractivity contribution in [3.05, 3.63) is 29.8 Å². The van der Waals surface area contributed by atoms with E-state index in [0.717, 1.165) is 12.8 Å². The van der Waals surface area contributed by atoms with Crippen LogP contribution in [0, 0.1) is 0 Å². The van der Waals surface area contributed by atoms with Gasteiger partial charge in [-0.05, 0) is 25.8 Å². The van der Waals surface area contributed by atoms with Gasteiger partial charge < -0.3 is 9.84 Å². The number of para-hydroxylation sites is 1. The third kappa shape index (κ3) is 4.46. The Morgan fingerprint density at radius 1 is 1.29 bits per heavy atom. The van der Waals surface area contributed by atoms with Crippen LogP contribution in [0.3, 0.4) is 0 Å². The minimum Gasteiger partial charge on any atom is -0.508 e. The molecule has 0 bridgehead atoms. The summed E-state index contributed by atoms with van der Waals surface area (Å²) in [7, 11) is 0. The minimum absolute atomic E-state index is 0.136. The molecule has 1 aromatic rings. The highest BCUT2D eigenvalue weighted by Crippen LogP contribution is 2.27. The molecule has 0 saturated heterocycles. The van der Waals surface area contributed by atoms with Gasteiger partial charge in [0.1, 0.15) is 11.8 Å². The van der Waals surface area contributed by atoms with Gasteiger partial charge in [-0.15, -0.1) is 0 Å². The minimum atomic E-state index is -0.589. The molecular weight excluding hydrogens is 266 g/mol. The Kier molecular flexibility index (Phi) is 6.05. The van der Waals surface area contributed by atoms with E-state index in [1.807, 2.05) is 6.07 Å². The third-order valence-corrected chi connectivity index (χ3v) is 4.03. The second kappa shape index (κ2) is 8.03. The van der Waals surface area contributed by atoms with Gasteiger partial charge in [0.25, 0.3) is 0 Å². The Balaban J connectivity index is 2.15. The molecule has 1 unspecified atom stereocenters. The molecule has 0 spiro atoms. The standard InChI is InChI=1S/C17H25NO3/c1-2-21-17(20)16(14-11-7-8-12-15(14)19)18-13-9-5-3-4-6-10-13/h7-8,11-13,16,18-19H,2-6,9-10H2,1H3. The highest BCUT2D eigenvalue weighted by molar-refractivity contribution is 5.78. The summed E-state index contributed by atoms with van der Waals surface area (Å²) in [6.07, 6.45) is 7.05. The number of benzene rings is 1. The van der Waals surface area contributed by atoms with Gasteiger partial charge in [0, 0.05) is 11.6 Å². The van der Waals surface area contributed by atoms with Crippen molar-refractivity contribution in [2.45, 2.75) is 57.5 Å². The molecule has 0 amide bonds. The number of nitrogens with one attached hydrogen (secondary N) is 1. The summed E-state index contributed by atoms with van der Waals surface area (Å²) in [5.74, 6) is -0.181. The number of aromatic hydroxyl groups is 1. The molecule has 1 aromatic carbocycles. The number of ether oxygens (including phenoxy) is 1. The van der Waals surface area contributed by atoms with Crippen LogP contribution in [0.2, 0.25) is 0 Å². The fourth-order valence-electron chi connectivity index (χ4n) is 2.92. The molecule has 1 fully saturated rings. The first-order valence-electron chi connectivity index (χ1n) is 7.93. The number of carbonyl (C=O) groups is 1. The maximum Gasteiger partial charge on any atom is 0.327 e. The first kappa shape index (κ1) is 15.8. The topological polar surface area (TPSA) is 58.6 Å². The number of carbonyl (C=O) groups excluding carboxylic acids is 1. The van der Waals surface area contributed by atoms with Crippen molar-refractivity contribution in [1.29, 1.82) is 0 Å². The van der Waals surface area contributed by atoms with Crippen molar-refractivity contribution in [3.8, 4) is 5.75 Å². The van der Waals surface area contributed by atoms with Crippen LogP contribution >= 0.6 is 0 Å². The largest absolute Gasteiger partial charge is 0.508 e. The molecular formula is C17H25NO3. The Hall–Kier alpha value is -1.55. The summed E-state index contributed by atoms with van der Waals surface area (Å²) >= 11 is 0. The van der Waals surface area contributed by atoms with E-state index >= 15 is 0 Å². The van der Waals surface area contributed by atoms with Gasteiger partial charge in [-0.2, -0.15) is 0 Å². The van der Waals surface area contributed by atoms with Gasteiger partial charge in [0.05, 0.1) is 6.61 Å². The summed E-state index contributed by atoms with van der Waals surface area (Å²) in [5, 5.41) is 13.4. The first-order chi connectivity index (χ1) is 10.2. The molecule has 2 N–H and O–H groups in total. The highest BCUT2D eigenvalue weighted by atomic mass is 16.5. The predicted octanol–water partition coefficient (Wildman–Crippen LogP) is 3.31. The van der Waals surface area contributed by atoms with Crippen molar-refractivity contribution >= 4 is 5.97 Å². The lowest BCUT2D eigenvalue weighted by molar-refractivity contribution is -0.146. The van der Waals surface area contributed by atoms with Gasteiger partial charge in [0.15, 0.2) is 0 Å². The second-order valence-electron chi connectivity index (χ2n) is 5.60. The van der Waals surface area contributed by atoms with Crippen molar-refractivity contribution in [3.63, 3.8) is 0 Å². The number of rotatable bonds is 5. The van der Waals surface area contributed by atoms with E-state index in [0.29, 0.717) is 18.2 Å². The van der Waals surface area contributed by atoms with Crippen LogP contribution < -0.4 is 5.32 Å². The molecule has 1 saturated carbocycles. The molecule has 1 atom stereocenters. The molecule has 4 heteroatoms. The number of phenolic OH excluding ortho intramolecular Hbond substituents is 1. The zero-order valence-corrected chi connectivity index (χ0v) is 12.7. The maximum absolute atomic E-state index is 12.3. The number of hydrogen-bond acceptors (Lipinski definition) is 4. The Morgan fingerprint density at radius 2 is 1.95 bits per heavy atom. The van der Waals surface area contributed by atoms with E-state index in [-0.39, 0.29) is 11.7 Å². The third-order valence-electron chi connectivity index (χ3n) is 4.03. The summed E-state index contributed by atoms with van der Waals surface area (Å²) in [6, 6.07) is 6.69. The van der Waals surface area contributed by atoms with E-state index < -0.39 is 6.04 Å². The molecule has 21 heavy (non-hydrogen) atoms. The smallest absolute Gasteiger partial charge is 0.327 e. The van der Waals surface area contributed by atoms with Crippen molar-refractivity contribution in [1.82, 2.24) is 5.32 Å². The van der Waals surface area contributed by atoms with Crippen molar-refractivity contribution in [2.75, 3.05) is 6.61 Å². The molecule has 1 aliphatic rings. The van der Waals surface area contributed by atoms with Gasteiger partial charge in [-0.25, -0.2) is 4.79 Å². The summed E-state index contributed by atoms with van der Waals surface area (Å²) < 4.78 is 5.17. The number of hydrogen-bond donors (Lipinski definition) is 2. The molecule has 0 radical (unpaired) electrons. The fraction of sp³-hybridized carbons (Fsp3) is 0.588. The summed E-state index contributed by atoms with van der Waals surface area (Å²) in [6.45, 7) is 2.14. The van der Waals surface area contributed by atoms with Crippen LogP contribution in [0.5, 0.6) is 5.75 Å². The van der Waals surface area contributed by atoms with Crippen LogP contribution in [0.15, 0.2) is 24.3 Å². The van der Waals surface area contributed by atoms with Crippen LogP contribution in [0.1, 0.15) is 57.1 Å². The lowest BCUT2D eigenvalue weighted by Gasteiger charge is -2.24. The van der Waals surface area contributed by atoms with Crippen molar-refractivity contribution in [2.24, 2.45) is 0 Å². The van der Waals surface area contributed by atoms with E-state index in [1.54, 1.807) is 25.1 Å². The average Bonchev–Trinajstić information content (AvgIpc) is 2.74. The number of phenols is 1. The second-order valence-corrected chi connectivity index (χ2v) is 5.60. The van der Waals surface area contributed by atoms with Crippen molar-refractivity contribution < 1.29 is 14.6 Å². The van der Waals surface area contributed by atoms with Gasteiger partial charge in [-0.3, -0.25) is 5.32 Å². The monoisotopic (exact) mass is 291 g/mol. The lowest BCUT2D eigenvalue weighted by atomic mass is 10.0. The highest BCUT2D eigenvalue weighted by Gasteiger charge is 2.27. The molecule has 116 valence electrons. The summed E-state index contributed by atoms with van der Waals surface area (Å²) in [5.41, 5.74) is 0.597.